The third-order valence-corrected chi connectivity index (χ3v) is 4.55. The lowest BCUT2D eigenvalue weighted by Gasteiger charge is -2.05. The largest absolute Gasteiger partial charge is 0.347 e. The molecule has 22 heavy (non-hydrogen) atoms. The highest BCUT2D eigenvalue weighted by Crippen LogP contribution is 2.25. The first kappa shape index (κ1) is 14.6. The summed E-state index contributed by atoms with van der Waals surface area (Å²) in [6, 6.07) is 3.79. The highest BCUT2D eigenvalue weighted by molar-refractivity contribution is 7.19. The van der Waals surface area contributed by atoms with Crippen LogP contribution in [0.15, 0.2) is 24.5 Å². The fraction of sp³-hybridized carbons (Fsp3) is 0.333. The van der Waals surface area contributed by atoms with E-state index in [1.54, 1.807) is 12.4 Å². The molecule has 6 nitrogen and oxygen atoms in total. The number of nitrogens with one attached hydrogen (secondary N) is 1. The number of thiazole rings is 1. The Labute approximate surface area is 132 Å². The third kappa shape index (κ3) is 2.59. The Morgan fingerprint density at radius 2 is 2.23 bits per heavy atom. The van der Waals surface area contributed by atoms with Crippen molar-refractivity contribution in [1.82, 2.24) is 24.9 Å². The number of aromatic nitrogens is 4. The number of carbonyl (C=O) groups is 1. The minimum Gasteiger partial charge on any atom is -0.347 e. The lowest BCUT2D eigenvalue weighted by atomic mass is 10.2. The van der Waals surface area contributed by atoms with Gasteiger partial charge in [-0.3, -0.25) is 14.2 Å². The SMILES string of the molecule is Cc1c(C(=O)NCc2cccnc2)sc2nnc(C(C)C)n12. The molecule has 3 aromatic heterocycles. The standard InChI is InChI=1S/C15H17N5OS/c1-9(2)13-18-19-15-20(13)10(3)12(22-15)14(21)17-8-11-5-4-6-16-7-11/h4-7,9H,8H2,1-3H3,(H,17,21). The molecule has 1 amide bonds. The van der Waals surface area contributed by atoms with Crippen LogP contribution in [0, 0.1) is 6.92 Å². The Morgan fingerprint density at radius 3 is 2.91 bits per heavy atom. The number of rotatable bonds is 4. The van der Waals surface area contributed by atoms with Gasteiger partial charge in [0.2, 0.25) is 4.96 Å². The van der Waals surface area contributed by atoms with Gasteiger partial charge in [0, 0.05) is 30.6 Å². The molecule has 0 radical (unpaired) electrons. The van der Waals surface area contributed by atoms with Crippen LogP contribution in [0.4, 0.5) is 0 Å². The lowest BCUT2D eigenvalue weighted by molar-refractivity contribution is 0.0954. The molecule has 0 saturated carbocycles. The monoisotopic (exact) mass is 315 g/mol. The molecular weight excluding hydrogens is 298 g/mol. The molecule has 3 heterocycles. The van der Waals surface area contributed by atoms with Gasteiger partial charge in [0.25, 0.3) is 5.91 Å². The minimum absolute atomic E-state index is 0.0911. The summed E-state index contributed by atoms with van der Waals surface area (Å²) in [4.78, 5) is 17.9. The molecule has 3 rings (SSSR count). The van der Waals surface area contributed by atoms with Gasteiger partial charge in [-0.05, 0) is 18.6 Å². The second-order valence-corrected chi connectivity index (χ2v) is 6.37. The fourth-order valence-corrected chi connectivity index (χ4v) is 3.27. The van der Waals surface area contributed by atoms with E-state index in [4.69, 9.17) is 0 Å². The van der Waals surface area contributed by atoms with Crippen LogP contribution in [0.3, 0.4) is 0 Å². The Kier molecular flexibility index (Phi) is 3.89. The van der Waals surface area contributed by atoms with Gasteiger partial charge in [-0.2, -0.15) is 0 Å². The summed E-state index contributed by atoms with van der Waals surface area (Å²) in [5, 5.41) is 11.3. The first-order valence-electron chi connectivity index (χ1n) is 7.09. The molecule has 0 unspecified atom stereocenters. The quantitative estimate of drug-likeness (QED) is 0.803. The summed E-state index contributed by atoms with van der Waals surface area (Å²) in [5.41, 5.74) is 1.86. The topological polar surface area (TPSA) is 72.2 Å². The summed E-state index contributed by atoms with van der Waals surface area (Å²) < 4.78 is 1.97. The van der Waals surface area contributed by atoms with Crippen LogP contribution in [0.5, 0.6) is 0 Å². The molecular formula is C15H17N5OS. The zero-order valence-corrected chi connectivity index (χ0v) is 13.5. The molecule has 0 aliphatic heterocycles. The molecule has 7 heteroatoms. The molecule has 0 aromatic carbocycles. The van der Waals surface area contributed by atoms with Crippen LogP contribution in [0.1, 0.15) is 46.5 Å². The first-order valence-corrected chi connectivity index (χ1v) is 7.91. The van der Waals surface area contributed by atoms with Gasteiger partial charge in [-0.15, -0.1) is 10.2 Å². The van der Waals surface area contributed by atoms with Crippen molar-refractivity contribution in [2.24, 2.45) is 0 Å². The molecule has 0 saturated heterocycles. The van der Waals surface area contributed by atoms with Crippen LogP contribution in [-0.4, -0.2) is 25.5 Å². The average molecular weight is 315 g/mol. The Morgan fingerprint density at radius 1 is 1.41 bits per heavy atom. The van der Waals surface area contributed by atoms with Gasteiger partial charge in [0.05, 0.1) is 0 Å². The average Bonchev–Trinajstić information content (AvgIpc) is 3.07. The zero-order chi connectivity index (χ0) is 15.7. The van der Waals surface area contributed by atoms with Crippen LogP contribution >= 0.6 is 11.3 Å². The molecule has 1 N–H and O–H groups in total. The van der Waals surface area contributed by atoms with Crippen LogP contribution < -0.4 is 5.32 Å². The molecule has 3 aromatic rings. The maximum atomic E-state index is 12.4. The molecule has 0 atom stereocenters. The van der Waals surface area contributed by atoms with Crippen molar-refractivity contribution >= 4 is 22.2 Å². The Hall–Kier alpha value is -2.28. The van der Waals surface area contributed by atoms with Gasteiger partial charge in [0.15, 0.2) is 0 Å². The van der Waals surface area contributed by atoms with E-state index in [-0.39, 0.29) is 11.8 Å². The summed E-state index contributed by atoms with van der Waals surface area (Å²) >= 11 is 1.37. The van der Waals surface area contributed by atoms with Gasteiger partial charge in [0.1, 0.15) is 10.7 Å². The van der Waals surface area contributed by atoms with E-state index in [1.165, 1.54) is 11.3 Å². The van der Waals surface area contributed by atoms with Crippen molar-refractivity contribution in [2.45, 2.75) is 33.2 Å². The van der Waals surface area contributed by atoms with E-state index >= 15 is 0 Å². The first-order chi connectivity index (χ1) is 10.6. The van der Waals surface area contributed by atoms with Crippen molar-refractivity contribution in [3.63, 3.8) is 0 Å². The smallest absolute Gasteiger partial charge is 0.263 e. The summed E-state index contributed by atoms with van der Waals surface area (Å²) in [7, 11) is 0. The van der Waals surface area contributed by atoms with Crippen molar-refractivity contribution in [1.29, 1.82) is 0 Å². The van der Waals surface area contributed by atoms with E-state index in [0.717, 1.165) is 22.0 Å². The van der Waals surface area contributed by atoms with Crippen LogP contribution in [0.2, 0.25) is 0 Å². The molecule has 0 aliphatic carbocycles. The van der Waals surface area contributed by atoms with Crippen molar-refractivity contribution < 1.29 is 4.79 Å². The van der Waals surface area contributed by atoms with Crippen LogP contribution in [-0.2, 0) is 6.54 Å². The molecule has 0 aliphatic rings. The second-order valence-electron chi connectivity index (χ2n) is 5.39. The number of pyridine rings is 1. The van der Waals surface area contributed by atoms with Crippen molar-refractivity contribution in [3.05, 3.63) is 46.5 Å². The molecule has 0 fully saturated rings. The highest BCUT2D eigenvalue weighted by atomic mass is 32.1. The van der Waals surface area contributed by atoms with E-state index in [1.807, 2.05) is 23.5 Å². The fourth-order valence-electron chi connectivity index (χ4n) is 2.28. The lowest BCUT2D eigenvalue weighted by Crippen LogP contribution is -2.22. The number of nitrogens with zero attached hydrogens (tertiary/aromatic N) is 4. The second kappa shape index (κ2) is 5.84. The predicted molar refractivity (Wildman–Crippen MR) is 85.1 cm³/mol. The van der Waals surface area contributed by atoms with Crippen molar-refractivity contribution in [2.75, 3.05) is 0 Å². The zero-order valence-electron chi connectivity index (χ0n) is 12.7. The summed E-state index contributed by atoms with van der Waals surface area (Å²) in [5.74, 6) is 1.05. The minimum atomic E-state index is -0.0911. The highest BCUT2D eigenvalue weighted by Gasteiger charge is 2.20. The van der Waals surface area contributed by atoms with Gasteiger partial charge < -0.3 is 5.32 Å². The maximum Gasteiger partial charge on any atom is 0.263 e. The number of carbonyl (C=O) groups excluding carboxylic acids is 1. The normalized spacial score (nSPS) is 11.3. The molecule has 114 valence electrons. The Balaban J connectivity index is 1.84. The van der Waals surface area contributed by atoms with Gasteiger partial charge >= 0.3 is 0 Å². The summed E-state index contributed by atoms with van der Waals surface area (Å²) in [6.45, 7) is 6.52. The number of hydrogen-bond acceptors (Lipinski definition) is 5. The third-order valence-electron chi connectivity index (χ3n) is 3.41. The van der Waals surface area contributed by atoms with E-state index < -0.39 is 0 Å². The number of hydrogen-bond donors (Lipinski definition) is 1. The number of aryl methyl sites for hydroxylation is 1. The van der Waals surface area contributed by atoms with Gasteiger partial charge in [-0.25, -0.2) is 0 Å². The molecule has 0 spiro atoms. The van der Waals surface area contributed by atoms with Crippen LogP contribution in [0.25, 0.3) is 4.96 Å². The Bertz CT molecular complexity index is 806. The van der Waals surface area contributed by atoms with Crippen molar-refractivity contribution in [3.8, 4) is 0 Å². The van der Waals surface area contributed by atoms with E-state index in [0.29, 0.717) is 11.4 Å². The predicted octanol–water partition coefficient (Wildman–Crippen LogP) is 2.55. The van der Waals surface area contributed by atoms with Gasteiger partial charge in [-0.1, -0.05) is 31.3 Å². The van der Waals surface area contributed by atoms with E-state index in [2.05, 4.69) is 34.3 Å². The molecule has 0 bridgehead atoms. The summed E-state index contributed by atoms with van der Waals surface area (Å²) in [6.07, 6.45) is 3.46. The number of amides is 1. The number of fused-ring (bicyclic) bond motifs is 1. The maximum absolute atomic E-state index is 12.4. The van der Waals surface area contributed by atoms with E-state index in [9.17, 15) is 4.79 Å².